The summed E-state index contributed by atoms with van der Waals surface area (Å²) in [6.07, 6.45) is 1.69. The van der Waals surface area contributed by atoms with E-state index in [0.29, 0.717) is 11.7 Å². The number of nitrogens with one attached hydrogen (secondary N) is 1. The van der Waals surface area contributed by atoms with Crippen LogP contribution in [0.1, 0.15) is 24.2 Å². The van der Waals surface area contributed by atoms with E-state index in [2.05, 4.69) is 15.5 Å². The number of methoxy groups -OCH3 is 1. The fourth-order valence-corrected chi connectivity index (χ4v) is 3.48. The van der Waals surface area contributed by atoms with Crippen molar-refractivity contribution < 1.29 is 14.1 Å². The molecule has 0 unspecified atom stereocenters. The van der Waals surface area contributed by atoms with Crippen LogP contribution in [0.2, 0.25) is 0 Å². The molecule has 2 aromatic heterocycles. The second-order valence-corrected chi connectivity index (χ2v) is 6.93. The van der Waals surface area contributed by atoms with Crippen molar-refractivity contribution in [2.45, 2.75) is 24.8 Å². The van der Waals surface area contributed by atoms with Crippen molar-refractivity contribution >= 4 is 17.2 Å². The molecule has 4 rings (SSSR count). The zero-order valence-electron chi connectivity index (χ0n) is 13.7. The molecule has 2 heterocycles. The number of carbonyl (C=O) groups is 1. The van der Waals surface area contributed by atoms with Crippen molar-refractivity contribution in [2.24, 2.45) is 0 Å². The number of amides is 1. The Morgan fingerprint density at radius 1 is 1.32 bits per heavy atom. The van der Waals surface area contributed by atoms with Crippen LogP contribution in [0.5, 0.6) is 5.75 Å². The monoisotopic (exact) mass is 355 g/mol. The second-order valence-electron chi connectivity index (χ2n) is 5.99. The molecule has 0 aliphatic heterocycles. The minimum Gasteiger partial charge on any atom is -0.497 e. The molecule has 0 saturated heterocycles. The van der Waals surface area contributed by atoms with Gasteiger partial charge < -0.3 is 14.6 Å². The molecule has 0 radical (unpaired) electrons. The maximum absolute atomic E-state index is 12.7. The Balaban J connectivity index is 1.42. The highest BCUT2D eigenvalue weighted by molar-refractivity contribution is 7.13. The average Bonchev–Trinajstić information content (AvgIpc) is 3.07. The molecule has 7 heteroatoms. The SMILES string of the molecule is COc1ccc(C2(C(=O)NCc3noc(-c4cccs4)n3)CC2)cc1. The summed E-state index contributed by atoms with van der Waals surface area (Å²) < 4.78 is 10.4. The molecule has 1 aliphatic carbocycles. The minimum atomic E-state index is -0.438. The predicted octanol–water partition coefficient (Wildman–Crippen LogP) is 3.15. The summed E-state index contributed by atoms with van der Waals surface area (Å²) in [5, 5.41) is 8.82. The number of benzene rings is 1. The summed E-state index contributed by atoms with van der Waals surface area (Å²) >= 11 is 1.53. The highest BCUT2D eigenvalue weighted by Gasteiger charge is 2.51. The highest BCUT2D eigenvalue weighted by Crippen LogP contribution is 2.48. The van der Waals surface area contributed by atoms with Gasteiger partial charge in [0.15, 0.2) is 5.82 Å². The molecule has 1 aliphatic rings. The fourth-order valence-electron chi connectivity index (χ4n) is 2.84. The molecule has 128 valence electrons. The molecule has 25 heavy (non-hydrogen) atoms. The normalized spacial score (nSPS) is 14.9. The van der Waals surface area contributed by atoms with Gasteiger partial charge in [-0.25, -0.2) is 0 Å². The third-order valence-corrected chi connectivity index (χ3v) is 5.29. The summed E-state index contributed by atoms with van der Waals surface area (Å²) in [4.78, 5) is 17.9. The van der Waals surface area contributed by atoms with Gasteiger partial charge in [0.25, 0.3) is 5.89 Å². The van der Waals surface area contributed by atoms with Gasteiger partial charge in [0, 0.05) is 0 Å². The summed E-state index contributed by atoms with van der Waals surface area (Å²) in [5.41, 5.74) is 0.574. The lowest BCUT2D eigenvalue weighted by molar-refractivity contribution is -0.123. The van der Waals surface area contributed by atoms with Crippen LogP contribution < -0.4 is 10.1 Å². The van der Waals surface area contributed by atoms with Gasteiger partial charge in [0.05, 0.1) is 23.9 Å². The van der Waals surface area contributed by atoms with Crippen molar-refractivity contribution in [3.8, 4) is 16.5 Å². The molecule has 1 amide bonds. The number of ether oxygens (including phenoxy) is 1. The number of thiophene rings is 1. The van der Waals surface area contributed by atoms with Crippen molar-refractivity contribution in [3.63, 3.8) is 0 Å². The molecular formula is C18H17N3O3S. The smallest absolute Gasteiger partial charge is 0.268 e. The molecule has 6 nitrogen and oxygen atoms in total. The molecule has 0 bridgehead atoms. The van der Waals surface area contributed by atoms with E-state index >= 15 is 0 Å². The van der Waals surface area contributed by atoms with Crippen molar-refractivity contribution in [1.29, 1.82) is 0 Å². The zero-order valence-corrected chi connectivity index (χ0v) is 14.5. The molecule has 1 N–H and O–H groups in total. The molecule has 1 aromatic carbocycles. The lowest BCUT2D eigenvalue weighted by atomic mass is 9.95. The fraction of sp³-hybridized carbons (Fsp3) is 0.278. The maximum atomic E-state index is 12.7. The van der Waals surface area contributed by atoms with E-state index in [4.69, 9.17) is 9.26 Å². The highest BCUT2D eigenvalue weighted by atomic mass is 32.1. The molecule has 1 saturated carbocycles. The van der Waals surface area contributed by atoms with Gasteiger partial charge in [-0.05, 0) is 42.0 Å². The molecular weight excluding hydrogens is 338 g/mol. The van der Waals surface area contributed by atoms with E-state index in [0.717, 1.165) is 29.0 Å². The van der Waals surface area contributed by atoms with Gasteiger partial charge in [-0.1, -0.05) is 23.4 Å². The number of hydrogen-bond donors (Lipinski definition) is 1. The van der Waals surface area contributed by atoms with E-state index in [-0.39, 0.29) is 12.5 Å². The first-order chi connectivity index (χ1) is 12.2. The third-order valence-electron chi connectivity index (χ3n) is 4.43. The number of hydrogen-bond acceptors (Lipinski definition) is 6. The largest absolute Gasteiger partial charge is 0.497 e. The summed E-state index contributed by atoms with van der Waals surface area (Å²) in [5.74, 6) is 1.74. The number of nitrogens with zero attached hydrogens (tertiary/aromatic N) is 2. The Morgan fingerprint density at radius 3 is 2.76 bits per heavy atom. The van der Waals surface area contributed by atoms with Crippen molar-refractivity contribution in [3.05, 3.63) is 53.2 Å². The van der Waals surface area contributed by atoms with Crippen LogP contribution in [-0.4, -0.2) is 23.2 Å². The summed E-state index contributed by atoms with van der Waals surface area (Å²) in [6, 6.07) is 11.5. The first-order valence-corrected chi connectivity index (χ1v) is 8.88. The van der Waals surface area contributed by atoms with Gasteiger partial charge >= 0.3 is 0 Å². The Bertz CT molecular complexity index is 867. The van der Waals surface area contributed by atoms with Crippen LogP contribution in [0.15, 0.2) is 46.3 Å². The van der Waals surface area contributed by atoms with E-state index in [1.54, 1.807) is 7.11 Å². The van der Waals surface area contributed by atoms with Crippen LogP contribution in [0.4, 0.5) is 0 Å². The van der Waals surface area contributed by atoms with Crippen molar-refractivity contribution in [1.82, 2.24) is 15.5 Å². The molecule has 0 spiro atoms. The van der Waals surface area contributed by atoms with Crippen LogP contribution in [0.3, 0.4) is 0 Å². The topological polar surface area (TPSA) is 77.2 Å². The Labute approximate surface area is 148 Å². The van der Waals surface area contributed by atoms with Gasteiger partial charge in [-0.3, -0.25) is 4.79 Å². The number of carbonyl (C=O) groups excluding carboxylic acids is 1. The first kappa shape index (κ1) is 15.8. The van der Waals surface area contributed by atoms with E-state index in [1.807, 2.05) is 41.8 Å². The van der Waals surface area contributed by atoms with E-state index in [1.165, 1.54) is 11.3 Å². The van der Waals surface area contributed by atoms with Crippen LogP contribution in [-0.2, 0) is 16.8 Å². The second kappa shape index (κ2) is 6.33. The Hall–Kier alpha value is -2.67. The van der Waals surface area contributed by atoms with E-state index < -0.39 is 5.41 Å². The van der Waals surface area contributed by atoms with Gasteiger partial charge in [0.2, 0.25) is 5.91 Å². The zero-order chi connectivity index (χ0) is 17.3. The van der Waals surface area contributed by atoms with Crippen LogP contribution in [0.25, 0.3) is 10.8 Å². The van der Waals surface area contributed by atoms with E-state index in [9.17, 15) is 4.79 Å². The number of rotatable bonds is 6. The Morgan fingerprint density at radius 2 is 2.12 bits per heavy atom. The van der Waals surface area contributed by atoms with Gasteiger partial charge in [-0.2, -0.15) is 4.98 Å². The standard InChI is InChI=1S/C18H17N3O3S/c1-23-13-6-4-12(5-7-13)18(8-9-18)17(22)19-11-15-20-16(24-21-15)14-3-2-10-25-14/h2-7,10H,8-9,11H2,1H3,(H,19,22). The quantitative estimate of drug-likeness (QED) is 0.735. The summed E-state index contributed by atoms with van der Waals surface area (Å²) in [7, 11) is 1.63. The van der Waals surface area contributed by atoms with Crippen LogP contribution in [0, 0.1) is 0 Å². The van der Waals surface area contributed by atoms with Gasteiger partial charge in [0.1, 0.15) is 5.75 Å². The molecule has 3 aromatic rings. The third kappa shape index (κ3) is 3.02. The lowest BCUT2D eigenvalue weighted by Gasteiger charge is -2.15. The Kier molecular flexibility index (Phi) is 4.01. The van der Waals surface area contributed by atoms with Gasteiger partial charge in [-0.15, -0.1) is 11.3 Å². The molecule has 1 fully saturated rings. The average molecular weight is 355 g/mol. The predicted molar refractivity (Wildman–Crippen MR) is 93.4 cm³/mol. The number of aromatic nitrogens is 2. The molecule has 0 atom stereocenters. The maximum Gasteiger partial charge on any atom is 0.268 e. The first-order valence-electron chi connectivity index (χ1n) is 8.00. The minimum absolute atomic E-state index is 0.000130. The van der Waals surface area contributed by atoms with Crippen LogP contribution >= 0.6 is 11.3 Å². The van der Waals surface area contributed by atoms with Crippen molar-refractivity contribution in [2.75, 3.05) is 7.11 Å². The lowest BCUT2D eigenvalue weighted by Crippen LogP contribution is -2.34. The summed E-state index contributed by atoms with van der Waals surface area (Å²) in [6.45, 7) is 0.256.